The third-order valence-corrected chi connectivity index (χ3v) is 5.04. The maximum absolute atomic E-state index is 6.20. The van der Waals surface area contributed by atoms with Crippen LogP contribution in [0.1, 0.15) is 33.6 Å². The second-order valence-electron chi connectivity index (χ2n) is 4.42. The van der Waals surface area contributed by atoms with Crippen LogP contribution in [0.15, 0.2) is 5.10 Å². The Balaban J connectivity index is 2.99. The molecule has 1 rings (SSSR count). The van der Waals surface area contributed by atoms with E-state index in [1.54, 1.807) is 4.90 Å². The molecule has 1 atom stereocenters. The van der Waals surface area contributed by atoms with Crippen LogP contribution in [0.4, 0.5) is 0 Å². The zero-order valence-electron chi connectivity index (χ0n) is 10.4. The van der Waals surface area contributed by atoms with Gasteiger partial charge in [0.25, 0.3) is 0 Å². The Bertz CT molecular complexity index is 313. The summed E-state index contributed by atoms with van der Waals surface area (Å²) in [6, 6.07) is 0.210. The molecule has 0 aromatic rings. The normalized spacial score (nSPS) is 21.3. The van der Waals surface area contributed by atoms with Gasteiger partial charge >= 0.3 is 0 Å². The summed E-state index contributed by atoms with van der Waals surface area (Å²) in [6.45, 7) is 6.13. The van der Waals surface area contributed by atoms with Crippen molar-refractivity contribution in [3.63, 3.8) is 0 Å². The van der Waals surface area contributed by atoms with Gasteiger partial charge in [-0.15, -0.1) is 0 Å². The Morgan fingerprint density at radius 1 is 1.22 bits per heavy atom. The molecular formula is C10H16Cl5N3. The van der Waals surface area contributed by atoms with E-state index in [1.165, 1.54) is 6.34 Å². The van der Waals surface area contributed by atoms with Crippen molar-refractivity contribution >= 4 is 64.3 Å². The molecule has 0 saturated carbocycles. The smallest absolute Gasteiger partial charge is 0.241 e. The topological polar surface area (TPSA) is 18.8 Å². The number of hydrogen-bond donors (Lipinski definition) is 0. The minimum Gasteiger partial charge on any atom is -0.304 e. The lowest BCUT2D eigenvalue weighted by Gasteiger charge is -2.41. The average Bonchev–Trinajstić information content (AvgIpc) is 2.60. The van der Waals surface area contributed by atoms with Crippen molar-refractivity contribution in [1.82, 2.24) is 9.91 Å². The molecule has 3 nitrogen and oxygen atoms in total. The van der Waals surface area contributed by atoms with Crippen LogP contribution in [0.3, 0.4) is 0 Å². The fraction of sp³-hybridized carbons (Fsp3) is 0.900. The van der Waals surface area contributed by atoms with E-state index in [-0.39, 0.29) is 12.2 Å². The zero-order chi connectivity index (χ0) is 14.1. The molecule has 18 heavy (non-hydrogen) atoms. The molecule has 0 aliphatic carbocycles. The van der Waals surface area contributed by atoms with Gasteiger partial charge in [-0.1, -0.05) is 71.3 Å². The molecule has 1 unspecified atom stereocenters. The van der Waals surface area contributed by atoms with Crippen LogP contribution in [0.5, 0.6) is 0 Å². The lowest BCUT2D eigenvalue weighted by atomic mass is 10.2. The van der Waals surface area contributed by atoms with Crippen LogP contribution < -0.4 is 0 Å². The molecule has 0 aromatic heterocycles. The molecule has 0 radical (unpaired) electrons. The maximum atomic E-state index is 6.20. The van der Waals surface area contributed by atoms with Gasteiger partial charge in [0.05, 0.1) is 0 Å². The van der Waals surface area contributed by atoms with E-state index < -0.39 is 8.25 Å². The number of hydrogen-bond acceptors (Lipinski definition) is 3. The summed E-state index contributed by atoms with van der Waals surface area (Å²) in [6.07, 6.45) is 3.18. The Hall–Kier alpha value is 0.720. The molecule has 0 amide bonds. The van der Waals surface area contributed by atoms with Crippen molar-refractivity contribution in [1.29, 1.82) is 0 Å². The first-order chi connectivity index (χ1) is 8.13. The van der Waals surface area contributed by atoms with E-state index in [4.69, 9.17) is 58.0 Å². The maximum Gasteiger partial charge on any atom is 0.241 e. The Morgan fingerprint density at radius 3 is 2.17 bits per heavy atom. The van der Waals surface area contributed by atoms with E-state index in [1.807, 2.05) is 18.9 Å². The van der Waals surface area contributed by atoms with Crippen molar-refractivity contribution in [3.05, 3.63) is 0 Å². The molecular weight excluding hydrogens is 339 g/mol. The van der Waals surface area contributed by atoms with Gasteiger partial charge in [-0.3, -0.25) is 5.01 Å². The third-order valence-electron chi connectivity index (χ3n) is 2.68. The predicted molar refractivity (Wildman–Crippen MR) is 80.7 cm³/mol. The van der Waals surface area contributed by atoms with Crippen molar-refractivity contribution in [2.45, 2.75) is 54.1 Å². The summed E-state index contributed by atoms with van der Waals surface area (Å²) < 4.78 is -3.49. The van der Waals surface area contributed by atoms with Gasteiger partial charge in [0, 0.05) is 6.04 Å². The van der Waals surface area contributed by atoms with Gasteiger partial charge in [-0.05, 0) is 20.3 Å². The highest BCUT2D eigenvalue weighted by atomic mass is 35.6. The molecule has 0 bridgehead atoms. The number of hydrazone groups is 1. The minimum atomic E-state index is -1.83. The van der Waals surface area contributed by atoms with Gasteiger partial charge in [0.15, 0.2) is 0 Å². The predicted octanol–water partition coefficient (Wildman–Crippen LogP) is 4.58. The SMILES string of the molecule is CCCC1N(C(C)C)N=CN1C(Cl)(Cl)C(Cl)(Cl)Cl. The van der Waals surface area contributed by atoms with E-state index in [2.05, 4.69) is 12.0 Å². The molecule has 1 aliphatic rings. The van der Waals surface area contributed by atoms with Crippen LogP contribution >= 0.6 is 58.0 Å². The van der Waals surface area contributed by atoms with E-state index in [0.29, 0.717) is 0 Å². The van der Waals surface area contributed by atoms with Crippen LogP contribution in [0.25, 0.3) is 0 Å². The summed E-state index contributed by atoms with van der Waals surface area (Å²) in [5.41, 5.74) is 0. The van der Waals surface area contributed by atoms with Gasteiger partial charge in [0.2, 0.25) is 8.25 Å². The molecule has 0 N–H and O–H groups in total. The standard InChI is InChI=1S/C10H16Cl5N3/c1-4-5-8-17(6-16-18(8)7(2)3)10(14,15)9(11,12)13/h6-8H,4-5H2,1-3H3. The van der Waals surface area contributed by atoms with E-state index in [9.17, 15) is 0 Å². The fourth-order valence-electron chi connectivity index (χ4n) is 1.81. The van der Waals surface area contributed by atoms with Gasteiger partial charge in [-0.2, -0.15) is 5.10 Å². The fourth-order valence-corrected chi connectivity index (χ4v) is 2.42. The lowest BCUT2D eigenvalue weighted by molar-refractivity contribution is 0.0779. The highest BCUT2D eigenvalue weighted by Gasteiger charge is 2.54. The first kappa shape index (κ1) is 16.8. The quantitative estimate of drug-likeness (QED) is 0.543. The number of alkyl halides is 5. The van der Waals surface area contributed by atoms with Crippen LogP contribution in [-0.4, -0.2) is 36.7 Å². The van der Waals surface area contributed by atoms with Crippen LogP contribution in [-0.2, 0) is 0 Å². The second kappa shape index (κ2) is 6.01. The minimum absolute atomic E-state index is 0.111. The molecule has 1 heterocycles. The lowest BCUT2D eigenvalue weighted by Crippen LogP contribution is -2.55. The highest BCUT2D eigenvalue weighted by Crippen LogP contribution is 2.49. The average molecular weight is 356 g/mol. The van der Waals surface area contributed by atoms with Crippen molar-refractivity contribution in [2.75, 3.05) is 0 Å². The Kier molecular flexibility index (Phi) is 5.60. The summed E-state index contributed by atoms with van der Waals surface area (Å²) >= 11 is 29.9. The summed E-state index contributed by atoms with van der Waals surface area (Å²) in [4.78, 5) is 1.59. The van der Waals surface area contributed by atoms with Crippen LogP contribution in [0.2, 0.25) is 0 Å². The molecule has 0 spiro atoms. The Morgan fingerprint density at radius 2 is 1.78 bits per heavy atom. The van der Waals surface area contributed by atoms with Crippen molar-refractivity contribution in [2.24, 2.45) is 5.10 Å². The number of rotatable bonds is 4. The Labute approximate surface area is 133 Å². The largest absolute Gasteiger partial charge is 0.304 e. The number of halogens is 5. The zero-order valence-corrected chi connectivity index (χ0v) is 14.2. The van der Waals surface area contributed by atoms with Crippen LogP contribution in [0, 0.1) is 0 Å². The van der Waals surface area contributed by atoms with Crippen molar-refractivity contribution < 1.29 is 0 Å². The number of nitrogens with zero attached hydrogens (tertiary/aromatic N) is 3. The summed E-state index contributed by atoms with van der Waals surface area (Å²) in [5, 5.41) is 6.19. The summed E-state index contributed by atoms with van der Waals surface area (Å²) in [7, 11) is 0. The molecule has 0 fully saturated rings. The van der Waals surface area contributed by atoms with Gasteiger partial charge in [-0.25, -0.2) is 0 Å². The molecule has 1 aliphatic heterocycles. The molecule has 0 aromatic carbocycles. The van der Waals surface area contributed by atoms with Gasteiger partial charge < -0.3 is 4.90 Å². The highest BCUT2D eigenvalue weighted by molar-refractivity contribution is 6.75. The van der Waals surface area contributed by atoms with E-state index in [0.717, 1.165) is 12.8 Å². The second-order valence-corrected chi connectivity index (χ2v) is 7.99. The first-order valence-electron chi connectivity index (χ1n) is 5.68. The monoisotopic (exact) mass is 353 g/mol. The van der Waals surface area contributed by atoms with Crippen molar-refractivity contribution in [3.8, 4) is 0 Å². The molecule has 0 saturated heterocycles. The first-order valence-corrected chi connectivity index (χ1v) is 7.57. The van der Waals surface area contributed by atoms with E-state index >= 15 is 0 Å². The summed E-state index contributed by atoms with van der Waals surface area (Å²) in [5.74, 6) is 0. The van der Waals surface area contributed by atoms with Gasteiger partial charge in [0.1, 0.15) is 12.5 Å². The molecule has 8 heteroatoms. The molecule has 106 valence electrons. The third kappa shape index (κ3) is 3.24.